The lowest BCUT2D eigenvalue weighted by atomic mass is 10.3. The first-order valence-electron chi connectivity index (χ1n) is 3.46. The Labute approximate surface area is 79.0 Å². The second kappa shape index (κ2) is 2.71. The second-order valence-corrected chi connectivity index (χ2v) is 5.03. The fourth-order valence-corrected chi connectivity index (χ4v) is 2.14. The molecule has 0 amide bonds. The van der Waals surface area contributed by atoms with Gasteiger partial charge in [-0.15, -0.1) is 0 Å². The van der Waals surface area contributed by atoms with Crippen LogP contribution < -0.4 is 0 Å². The zero-order valence-corrected chi connectivity index (χ0v) is 7.93. The van der Waals surface area contributed by atoms with Gasteiger partial charge in [-0.1, -0.05) is 6.07 Å². The van der Waals surface area contributed by atoms with E-state index in [1.54, 1.807) is 12.1 Å². The van der Waals surface area contributed by atoms with Crippen molar-refractivity contribution in [2.75, 3.05) is 0 Å². The van der Waals surface area contributed by atoms with Crippen molar-refractivity contribution in [2.45, 2.75) is 4.90 Å². The van der Waals surface area contributed by atoms with E-state index in [9.17, 15) is 8.42 Å². The third kappa shape index (κ3) is 1.40. The van der Waals surface area contributed by atoms with Crippen LogP contribution in [0.3, 0.4) is 0 Å². The lowest BCUT2D eigenvalue weighted by molar-refractivity contribution is 0.610. The maximum absolute atomic E-state index is 11.1. The van der Waals surface area contributed by atoms with Crippen molar-refractivity contribution in [1.82, 2.24) is 9.97 Å². The van der Waals surface area contributed by atoms with E-state index in [2.05, 4.69) is 9.97 Å². The molecule has 6 heteroatoms. The molecule has 0 unspecified atom stereocenters. The summed E-state index contributed by atoms with van der Waals surface area (Å²) in [5.41, 5.74) is 1.03. The molecule has 0 radical (unpaired) electrons. The fourth-order valence-electron chi connectivity index (χ4n) is 1.14. The van der Waals surface area contributed by atoms with Gasteiger partial charge in [0.25, 0.3) is 9.05 Å². The molecule has 0 aliphatic rings. The van der Waals surface area contributed by atoms with Gasteiger partial charge < -0.3 is 4.98 Å². The van der Waals surface area contributed by atoms with Crippen LogP contribution in [0.15, 0.2) is 29.4 Å². The van der Waals surface area contributed by atoms with Gasteiger partial charge in [0.2, 0.25) is 0 Å². The summed E-state index contributed by atoms with van der Waals surface area (Å²) in [7, 11) is 1.50. The molecule has 0 spiro atoms. The number of H-pyrrole nitrogens is 1. The largest absolute Gasteiger partial charge is 0.345 e. The molecule has 0 saturated carbocycles. The van der Waals surface area contributed by atoms with Gasteiger partial charge in [0.05, 0.1) is 11.8 Å². The van der Waals surface area contributed by atoms with Crippen LogP contribution in [0.1, 0.15) is 0 Å². The van der Waals surface area contributed by atoms with Crippen molar-refractivity contribution >= 4 is 30.8 Å². The summed E-state index contributed by atoms with van der Waals surface area (Å²) in [6, 6.07) is 4.76. The average molecular weight is 217 g/mol. The Bertz CT molecular complexity index is 546. The first kappa shape index (κ1) is 8.52. The second-order valence-electron chi connectivity index (χ2n) is 2.49. The van der Waals surface area contributed by atoms with E-state index in [-0.39, 0.29) is 4.90 Å². The molecule has 0 bridgehead atoms. The van der Waals surface area contributed by atoms with Crippen LogP contribution in [0.2, 0.25) is 0 Å². The molecule has 1 N–H and O–H groups in total. The molecule has 0 aliphatic carbocycles. The zero-order valence-electron chi connectivity index (χ0n) is 6.36. The quantitative estimate of drug-likeness (QED) is 0.735. The molecule has 0 atom stereocenters. The molecule has 1 heterocycles. The smallest absolute Gasteiger partial charge is 0.263 e. The Morgan fingerprint density at radius 1 is 1.38 bits per heavy atom. The number of nitrogens with one attached hydrogen (secondary N) is 1. The normalized spacial score (nSPS) is 12.1. The Hall–Kier alpha value is -1.07. The van der Waals surface area contributed by atoms with Gasteiger partial charge in [-0.3, -0.25) is 0 Å². The highest BCUT2D eigenvalue weighted by Gasteiger charge is 2.14. The van der Waals surface area contributed by atoms with E-state index in [0.29, 0.717) is 11.0 Å². The SMILES string of the molecule is O=S(=O)(Cl)c1cccc2[nH]cnc12. The maximum atomic E-state index is 11.1. The van der Waals surface area contributed by atoms with Crippen molar-refractivity contribution in [1.29, 1.82) is 0 Å². The van der Waals surface area contributed by atoms with Gasteiger partial charge in [0.1, 0.15) is 10.4 Å². The summed E-state index contributed by atoms with van der Waals surface area (Å²) in [5.74, 6) is 0. The summed E-state index contributed by atoms with van der Waals surface area (Å²) in [6.07, 6.45) is 1.43. The van der Waals surface area contributed by atoms with Crippen molar-refractivity contribution < 1.29 is 8.42 Å². The zero-order chi connectivity index (χ0) is 9.47. The van der Waals surface area contributed by atoms with Gasteiger partial charge in [0.15, 0.2) is 0 Å². The number of para-hydroxylation sites is 1. The minimum Gasteiger partial charge on any atom is -0.345 e. The van der Waals surface area contributed by atoms with E-state index < -0.39 is 9.05 Å². The van der Waals surface area contributed by atoms with E-state index >= 15 is 0 Å². The summed E-state index contributed by atoms with van der Waals surface area (Å²) in [5, 5.41) is 0. The number of imidazole rings is 1. The molecule has 13 heavy (non-hydrogen) atoms. The Morgan fingerprint density at radius 3 is 2.85 bits per heavy atom. The highest BCUT2D eigenvalue weighted by molar-refractivity contribution is 8.14. The average Bonchev–Trinajstić information content (AvgIpc) is 2.48. The predicted molar refractivity (Wildman–Crippen MR) is 49.1 cm³/mol. The summed E-state index contributed by atoms with van der Waals surface area (Å²) >= 11 is 0. The Kier molecular flexibility index (Phi) is 1.78. The highest BCUT2D eigenvalue weighted by Crippen LogP contribution is 2.22. The van der Waals surface area contributed by atoms with Crippen LogP contribution in [-0.4, -0.2) is 18.4 Å². The van der Waals surface area contributed by atoms with Crippen LogP contribution in [0.4, 0.5) is 0 Å². The highest BCUT2D eigenvalue weighted by atomic mass is 35.7. The van der Waals surface area contributed by atoms with Gasteiger partial charge in [-0.05, 0) is 12.1 Å². The summed E-state index contributed by atoms with van der Waals surface area (Å²) in [6.45, 7) is 0. The van der Waals surface area contributed by atoms with Crippen molar-refractivity contribution in [2.24, 2.45) is 0 Å². The lowest BCUT2D eigenvalue weighted by Gasteiger charge is -1.95. The number of hydrogen-bond donors (Lipinski definition) is 1. The number of halogens is 1. The summed E-state index contributed by atoms with van der Waals surface area (Å²) < 4.78 is 22.1. The van der Waals surface area contributed by atoms with Crippen LogP contribution >= 0.6 is 10.7 Å². The fraction of sp³-hybridized carbons (Fsp3) is 0. The first-order valence-corrected chi connectivity index (χ1v) is 5.77. The number of rotatable bonds is 1. The number of aromatic amines is 1. The molecule has 1 aromatic carbocycles. The van der Waals surface area contributed by atoms with Crippen molar-refractivity contribution in [3.63, 3.8) is 0 Å². The van der Waals surface area contributed by atoms with Gasteiger partial charge in [-0.2, -0.15) is 0 Å². The molecular weight excluding hydrogens is 212 g/mol. The molecular formula is C7H5ClN2O2S. The number of benzene rings is 1. The van der Waals surface area contributed by atoms with E-state index in [1.807, 2.05) is 0 Å². The number of aromatic nitrogens is 2. The lowest BCUT2D eigenvalue weighted by Crippen LogP contribution is -1.91. The third-order valence-electron chi connectivity index (χ3n) is 1.68. The topological polar surface area (TPSA) is 62.8 Å². The van der Waals surface area contributed by atoms with Crippen LogP contribution in [0.5, 0.6) is 0 Å². The Balaban J connectivity index is 2.91. The number of hydrogen-bond acceptors (Lipinski definition) is 3. The minimum absolute atomic E-state index is 0.0351. The van der Waals surface area contributed by atoms with Crippen molar-refractivity contribution in [3.8, 4) is 0 Å². The van der Waals surface area contributed by atoms with E-state index in [0.717, 1.165) is 0 Å². The molecule has 1 aromatic heterocycles. The van der Waals surface area contributed by atoms with E-state index in [1.165, 1.54) is 12.4 Å². The standard InChI is InChI=1S/C7H5ClN2O2S/c8-13(11,12)6-3-1-2-5-7(6)10-4-9-5/h1-4H,(H,9,10). The van der Waals surface area contributed by atoms with Gasteiger partial charge in [0, 0.05) is 10.7 Å². The van der Waals surface area contributed by atoms with E-state index in [4.69, 9.17) is 10.7 Å². The molecule has 2 aromatic rings. The summed E-state index contributed by atoms with van der Waals surface area (Å²) in [4.78, 5) is 6.70. The van der Waals surface area contributed by atoms with Gasteiger partial charge in [-0.25, -0.2) is 13.4 Å². The predicted octanol–water partition coefficient (Wildman–Crippen LogP) is 1.49. The molecule has 2 rings (SSSR count). The molecule has 4 nitrogen and oxygen atoms in total. The van der Waals surface area contributed by atoms with Crippen LogP contribution in [0, 0.1) is 0 Å². The first-order chi connectivity index (χ1) is 6.09. The molecule has 0 aliphatic heterocycles. The molecule has 0 fully saturated rings. The number of fused-ring (bicyclic) bond motifs is 1. The van der Waals surface area contributed by atoms with Crippen molar-refractivity contribution in [3.05, 3.63) is 24.5 Å². The molecule has 0 saturated heterocycles. The van der Waals surface area contributed by atoms with Gasteiger partial charge >= 0.3 is 0 Å². The number of nitrogens with zero attached hydrogens (tertiary/aromatic N) is 1. The minimum atomic E-state index is -3.71. The Morgan fingerprint density at radius 2 is 2.15 bits per heavy atom. The third-order valence-corrected chi connectivity index (χ3v) is 3.03. The molecule has 68 valence electrons. The van der Waals surface area contributed by atoms with Crippen LogP contribution in [-0.2, 0) is 9.05 Å². The van der Waals surface area contributed by atoms with Crippen LogP contribution in [0.25, 0.3) is 11.0 Å². The monoisotopic (exact) mass is 216 g/mol. The maximum Gasteiger partial charge on any atom is 0.263 e.